The van der Waals surface area contributed by atoms with Crippen LogP contribution in [0.1, 0.15) is 26.3 Å². The monoisotopic (exact) mass is 281 g/mol. The Hall–Kier alpha value is -0.570. The van der Waals surface area contributed by atoms with Crippen LogP contribution >= 0.6 is 11.6 Å². The molecule has 0 aliphatic carbocycles. The van der Waals surface area contributed by atoms with E-state index in [1.807, 2.05) is 19.2 Å². The van der Waals surface area contributed by atoms with Crippen LogP contribution in [0.25, 0.3) is 0 Å². The molecular weight excluding hydrogens is 258 g/mol. The maximum absolute atomic E-state index is 6.07. The van der Waals surface area contributed by atoms with Gasteiger partial charge in [0.05, 0.1) is 12.2 Å². The summed E-state index contributed by atoms with van der Waals surface area (Å²) in [6.45, 7) is 6.65. The van der Waals surface area contributed by atoms with E-state index < -0.39 is 0 Å². The van der Waals surface area contributed by atoms with Gasteiger partial charge in [-0.25, -0.2) is 0 Å². The molecule has 1 aliphatic rings. The molecule has 1 aromatic carbocycles. The molecule has 1 fully saturated rings. The summed E-state index contributed by atoms with van der Waals surface area (Å²) in [5.74, 6) is 1.12. The van der Waals surface area contributed by atoms with Crippen molar-refractivity contribution in [1.29, 1.82) is 0 Å². The third-order valence-electron chi connectivity index (χ3n) is 4.50. The molecule has 1 heterocycles. The predicted octanol–water partition coefficient (Wildman–Crippen LogP) is 3.53. The molecule has 0 radical (unpaired) electrons. The number of ether oxygens (including phenoxy) is 1. The van der Waals surface area contributed by atoms with Gasteiger partial charge in [0.25, 0.3) is 0 Å². The van der Waals surface area contributed by atoms with Gasteiger partial charge in [-0.05, 0) is 50.9 Å². The lowest BCUT2D eigenvalue weighted by Gasteiger charge is -2.29. The third kappa shape index (κ3) is 3.31. The molecule has 1 saturated heterocycles. The normalized spacial score (nSPS) is 32.5. The Kier molecular flexibility index (Phi) is 4.88. The fourth-order valence-electron chi connectivity index (χ4n) is 3.34. The molecule has 0 bridgehead atoms. The lowest BCUT2D eigenvalue weighted by Crippen LogP contribution is -2.41. The van der Waals surface area contributed by atoms with Crippen molar-refractivity contribution in [2.45, 2.75) is 45.4 Å². The SMILES string of the molecule is CNC(Cc1cccc(Cl)c1)C1C(C)OC(C)C1C. The van der Waals surface area contributed by atoms with E-state index in [1.54, 1.807) is 0 Å². The summed E-state index contributed by atoms with van der Waals surface area (Å²) in [6.07, 6.45) is 1.64. The molecule has 0 spiro atoms. The quantitative estimate of drug-likeness (QED) is 0.912. The molecule has 0 aromatic heterocycles. The minimum atomic E-state index is 0.307. The maximum Gasteiger partial charge on any atom is 0.0597 e. The molecular formula is C16H24ClNO. The summed E-state index contributed by atoms with van der Waals surface area (Å²) in [5.41, 5.74) is 1.28. The van der Waals surface area contributed by atoms with E-state index in [0.717, 1.165) is 11.4 Å². The summed E-state index contributed by atoms with van der Waals surface area (Å²) >= 11 is 6.07. The van der Waals surface area contributed by atoms with E-state index >= 15 is 0 Å². The molecule has 0 saturated carbocycles. The summed E-state index contributed by atoms with van der Waals surface area (Å²) in [7, 11) is 2.04. The van der Waals surface area contributed by atoms with Gasteiger partial charge < -0.3 is 10.1 Å². The molecule has 106 valence electrons. The van der Waals surface area contributed by atoms with Crippen molar-refractivity contribution in [2.75, 3.05) is 7.05 Å². The molecule has 2 rings (SSSR count). The second kappa shape index (κ2) is 6.25. The van der Waals surface area contributed by atoms with Crippen LogP contribution in [0, 0.1) is 11.8 Å². The standard InChI is InChI=1S/C16H24ClNO/c1-10-11(2)19-12(3)16(10)15(18-4)9-13-6-5-7-14(17)8-13/h5-8,10-12,15-16,18H,9H2,1-4H3. The Morgan fingerprint density at radius 1 is 1.26 bits per heavy atom. The maximum atomic E-state index is 6.07. The Balaban J connectivity index is 2.12. The highest BCUT2D eigenvalue weighted by atomic mass is 35.5. The topological polar surface area (TPSA) is 21.3 Å². The number of halogens is 1. The lowest BCUT2D eigenvalue weighted by molar-refractivity contribution is 0.0479. The van der Waals surface area contributed by atoms with Crippen LogP contribution < -0.4 is 5.32 Å². The Labute approximate surface area is 121 Å². The Morgan fingerprint density at radius 2 is 2.00 bits per heavy atom. The number of likely N-dealkylation sites (N-methyl/N-ethyl adjacent to an activating group) is 1. The average molecular weight is 282 g/mol. The van der Waals surface area contributed by atoms with Gasteiger partial charge >= 0.3 is 0 Å². The van der Waals surface area contributed by atoms with Gasteiger partial charge in [-0.2, -0.15) is 0 Å². The van der Waals surface area contributed by atoms with E-state index in [1.165, 1.54) is 5.56 Å². The minimum Gasteiger partial charge on any atom is -0.375 e. The summed E-state index contributed by atoms with van der Waals surface area (Å²) in [4.78, 5) is 0. The zero-order chi connectivity index (χ0) is 14.0. The van der Waals surface area contributed by atoms with Gasteiger partial charge in [-0.15, -0.1) is 0 Å². The fourth-order valence-corrected chi connectivity index (χ4v) is 3.55. The molecule has 0 amide bonds. The van der Waals surface area contributed by atoms with Crippen molar-refractivity contribution in [2.24, 2.45) is 11.8 Å². The van der Waals surface area contributed by atoms with Gasteiger partial charge in [0.1, 0.15) is 0 Å². The first-order chi connectivity index (χ1) is 9.02. The highest BCUT2D eigenvalue weighted by Gasteiger charge is 2.40. The molecule has 1 N–H and O–H groups in total. The zero-order valence-corrected chi connectivity index (χ0v) is 12.9. The number of hydrogen-bond donors (Lipinski definition) is 1. The molecule has 3 heteroatoms. The fraction of sp³-hybridized carbons (Fsp3) is 0.625. The van der Waals surface area contributed by atoms with Crippen LogP contribution in [0.15, 0.2) is 24.3 Å². The average Bonchev–Trinajstić information content (AvgIpc) is 2.61. The molecule has 2 nitrogen and oxygen atoms in total. The highest BCUT2D eigenvalue weighted by Crippen LogP contribution is 2.35. The van der Waals surface area contributed by atoms with Crippen molar-refractivity contribution < 1.29 is 4.74 Å². The lowest BCUT2D eigenvalue weighted by atomic mass is 9.81. The van der Waals surface area contributed by atoms with Gasteiger partial charge in [-0.3, -0.25) is 0 Å². The Bertz CT molecular complexity index is 423. The van der Waals surface area contributed by atoms with Crippen molar-refractivity contribution in [1.82, 2.24) is 5.32 Å². The summed E-state index contributed by atoms with van der Waals surface area (Å²) < 4.78 is 5.96. The number of rotatable bonds is 4. The minimum absolute atomic E-state index is 0.307. The predicted molar refractivity (Wildman–Crippen MR) is 80.7 cm³/mol. The molecule has 19 heavy (non-hydrogen) atoms. The first-order valence-electron chi connectivity index (χ1n) is 7.10. The second-order valence-corrected chi connectivity index (χ2v) is 6.15. The van der Waals surface area contributed by atoms with Crippen LogP contribution in [0.4, 0.5) is 0 Å². The van der Waals surface area contributed by atoms with Crippen molar-refractivity contribution in [3.05, 3.63) is 34.9 Å². The number of hydrogen-bond acceptors (Lipinski definition) is 2. The van der Waals surface area contributed by atoms with E-state index in [0.29, 0.717) is 30.1 Å². The second-order valence-electron chi connectivity index (χ2n) is 5.71. The van der Waals surface area contributed by atoms with Crippen molar-refractivity contribution in [3.63, 3.8) is 0 Å². The van der Waals surface area contributed by atoms with E-state index in [4.69, 9.17) is 16.3 Å². The van der Waals surface area contributed by atoms with E-state index in [9.17, 15) is 0 Å². The zero-order valence-electron chi connectivity index (χ0n) is 12.2. The van der Waals surface area contributed by atoms with E-state index in [-0.39, 0.29) is 0 Å². The van der Waals surface area contributed by atoms with Crippen LogP contribution in [-0.2, 0) is 11.2 Å². The molecule has 1 aromatic rings. The highest BCUT2D eigenvalue weighted by molar-refractivity contribution is 6.30. The molecule has 5 atom stereocenters. The molecule has 1 aliphatic heterocycles. The number of nitrogens with one attached hydrogen (secondary N) is 1. The van der Waals surface area contributed by atoms with Crippen molar-refractivity contribution in [3.8, 4) is 0 Å². The third-order valence-corrected chi connectivity index (χ3v) is 4.73. The smallest absolute Gasteiger partial charge is 0.0597 e. The van der Waals surface area contributed by atoms with Crippen LogP contribution in [0.3, 0.4) is 0 Å². The molecule has 5 unspecified atom stereocenters. The van der Waals surface area contributed by atoms with Crippen molar-refractivity contribution >= 4 is 11.6 Å². The van der Waals surface area contributed by atoms with Crippen LogP contribution in [-0.4, -0.2) is 25.3 Å². The van der Waals surface area contributed by atoms with Gasteiger partial charge in [0.2, 0.25) is 0 Å². The van der Waals surface area contributed by atoms with Crippen LogP contribution in [0.5, 0.6) is 0 Å². The largest absolute Gasteiger partial charge is 0.375 e. The van der Waals surface area contributed by atoms with E-state index in [2.05, 4.69) is 38.2 Å². The Morgan fingerprint density at radius 3 is 2.53 bits per heavy atom. The summed E-state index contributed by atoms with van der Waals surface area (Å²) in [6, 6.07) is 8.57. The number of benzene rings is 1. The van der Waals surface area contributed by atoms with Gasteiger partial charge in [-0.1, -0.05) is 30.7 Å². The van der Waals surface area contributed by atoms with Gasteiger partial charge in [0.15, 0.2) is 0 Å². The van der Waals surface area contributed by atoms with Crippen LogP contribution in [0.2, 0.25) is 5.02 Å². The summed E-state index contributed by atoms with van der Waals surface area (Å²) in [5, 5.41) is 4.28. The first kappa shape index (κ1) is 14.8. The first-order valence-corrected chi connectivity index (χ1v) is 7.48. The van der Waals surface area contributed by atoms with Gasteiger partial charge in [0, 0.05) is 17.0 Å².